The van der Waals surface area contributed by atoms with E-state index in [1.165, 1.54) is 17.3 Å². The lowest BCUT2D eigenvalue weighted by atomic mass is 10.1. The van der Waals surface area contributed by atoms with Gasteiger partial charge in [-0.25, -0.2) is 19.6 Å². The summed E-state index contributed by atoms with van der Waals surface area (Å²) in [5.41, 5.74) is -0.632. The monoisotopic (exact) mass is 342 g/mol. The van der Waals surface area contributed by atoms with Gasteiger partial charge in [-0.15, -0.1) is 0 Å². The maximum Gasteiger partial charge on any atom is 0.410 e. The fourth-order valence-corrected chi connectivity index (χ4v) is 2.38. The first-order valence-corrected chi connectivity index (χ1v) is 7.50. The zero-order valence-electron chi connectivity index (χ0n) is 13.2. The minimum absolute atomic E-state index is 0.00582. The summed E-state index contributed by atoms with van der Waals surface area (Å²) < 4.78 is 5.29. The summed E-state index contributed by atoms with van der Waals surface area (Å²) in [5.74, 6) is -0.630. The van der Waals surface area contributed by atoms with Crippen molar-refractivity contribution in [2.75, 3.05) is 24.5 Å². The Morgan fingerprint density at radius 1 is 1.35 bits per heavy atom. The van der Waals surface area contributed by atoms with E-state index in [1.807, 2.05) is 0 Å². The molecule has 1 N–H and O–H groups in total. The van der Waals surface area contributed by atoms with Crippen molar-refractivity contribution < 1.29 is 19.4 Å². The van der Waals surface area contributed by atoms with Crippen LogP contribution in [0.3, 0.4) is 0 Å². The van der Waals surface area contributed by atoms with Crippen molar-refractivity contribution in [3.05, 3.63) is 17.5 Å². The van der Waals surface area contributed by atoms with Crippen molar-refractivity contribution in [2.24, 2.45) is 0 Å². The SMILES string of the molecule is CC(C)(C)OC(=O)N1CCN(c2cc(Cl)ncn2)[C@@H](C(=O)O)C1. The van der Waals surface area contributed by atoms with E-state index in [1.54, 1.807) is 25.7 Å². The third-order valence-electron chi connectivity index (χ3n) is 3.23. The molecule has 0 aliphatic carbocycles. The van der Waals surface area contributed by atoms with Crippen LogP contribution in [0.1, 0.15) is 20.8 Å². The number of piperazine rings is 1. The molecule has 0 spiro atoms. The second-order valence-electron chi connectivity index (χ2n) is 6.17. The van der Waals surface area contributed by atoms with Gasteiger partial charge < -0.3 is 19.6 Å². The Hall–Kier alpha value is -2.09. The van der Waals surface area contributed by atoms with Gasteiger partial charge in [0.05, 0.1) is 6.54 Å². The minimum Gasteiger partial charge on any atom is -0.480 e. The number of nitrogens with zero attached hydrogens (tertiary/aromatic N) is 4. The molecule has 23 heavy (non-hydrogen) atoms. The van der Waals surface area contributed by atoms with Gasteiger partial charge in [0.15, 0.2) is 0 Å². The van der Waals surface area contributed by atoms with E-state index in [0.29, 0.717) is 18.9 Å². The van der Waals surface area contributed by atoms with E-state index in [4.69, 9.17) is 16.3 Å². The molecule has 1 saturated heterocycles. The molecule has 1 amide bonds. The summed E-state index contributed by atoms with van der Waals surface area (Å²) >= 11 is 5.83. The number of carbonyl (C=O) groups excluding carboxylic acids is 1. The molecular formula is C14H19ClN4O4. The van der Waals surface area contributed by atoms with Gasteiger partial charge in [-0.3, -0.25) is 0 Å². The second-order valence-corrected chi connectivity index (χ2v) is 6.56. The lowest BCUT2D eigenvalue weighted by molar-refractivity contribution is -0.139. The van der Waals surface area contributed by atoms with Gasteiger partial charge >= 0.3 is 12.1 Å². The molecule has 9 heteroatoms. The van der Waals surface area contributed by atoms with E-state index in [9.17, 15) is 14.7 Å². The summed E-state index contributed by atoms with van der Waals surface area (Å²) in [6, 6.07) is 0.572. The van der Waals surface area contributed by atoms with Gasteiger partial charge in [-0.2, -0.15) is 0 Å². The molecule has 0 bridgehead atoms. The Morgan fingerprint density at radius 2 is 2.04 bits per heavy atom. The van der Waals surface area contributed by atoms with Gasteiger partial charge in [0.25, 0.3) is 0 Å². The van der Waals surface area contributed by atoms with E-state index in [0.717, 1.165) is 0 Å². The average molecular weight is 343 g/mol. The molecule has 1 aromatic rings. The molecule has 0 unspecified atom stereocenters. The smallest absolute Gasteiger partial charge is 0.410 e. The van der Waals surface area contributed by atoms with Crippen molar-refractivity contribution in [3.8, 4) is 0 Å². The fourth-order valence-electron chi connectivity index (χ4n) is 2.24. The molecule has 1 atom stereocenters. The Morgan fingerprint density at radius 3 is 2.61 bits per heavy atom. The van der Waals surface area contributed by atoms with Gasteiger partial charge in [0.1, 0.15) is 28.9 Å². The van der Waals surface area contributed by atoms with Gasteiger partial charge in [-0.05, 0) is 20.8 Å². The molecule has 1 aromatic heterocycles. The fraction of sp³-hybridized carbons (Fsp3) is 0.571. The largest absolute Gasteiger partial charge is 0.480 e. The number of halogens is 1. The Labute approximate surface area is 139 Å². The molecule has 2 rings (SSSR count). The van der Waals surface area contributed by atoms with Crippen molar-refractivity contribution in [2.45, 2.75) is 32.4 Å². The summed E-state index contributed by atoms with van der Waals surface area (Å²) in [6.45, 7) is 5.94. The van der Waals surface area contributed by atoms with Gasteiger partial charge in [0, 0.05) is 19.2 Å². The van der Waals surface area contributed by atoms with Crippen molar-refractivity contribution >= 4 is 29.5 Å². The lowest BCUT2D eigenvalue weighted by Gasteiger charge is -2.40. The third kappa shape index (κ3) is 4.44. The quantitative estimate of drug-likeness (QED) is 0.816. The number of amides is 1. The third-order valence-corrected chi connectivity index (χ3v) is 3.44. The van der Waals surface area contributed by atoms with Crippen LogP contribution in [0, 0.1) is 0 Å². The van der Waals surface area contributed by atoms with Crippen LogP contribution >= 0.6 is 11.6 Å². The Kier molecular flexibility index (Phi) is 4.93. The second kappa shape index (κ2) is 6.57. The lowest BCUT2D eigenvalue weighted by Crippen LogP contribution is -2.58. The number of carboxylic acids is 1. The topological polar surface area (TPSA) is 95.9 Å². The molecule has 8 nitrogen and oxygen atoms in total. The van der Waals surface area contributed by atoms with E-state index in [-0.39, 0.29) is 11.7 Å². The standard InChI is InChI=1S/C14H19ClN4O4/c1-14(2,3)23-13(22)18-4-5-19(9(7-18)12(20)21)11-6-10(15)16-8-17-11/h6,8-9H,4-5,7H2,1-3H3,(H,20,21)/t9-/m1/s1. The molecule has 1 aliphatic heterocycles. The number of carboxylic acid groups (broad SMARTS) is 1. The number of carbonyl (C=O) groups is 2. The van der Waals surface area contributed by atoms with Crippen LogP contribution < -0.4 is 4.90 Å². The Balaban J connectivity index is 2.15. The minimum atomic E-state index is -1.05. The zero-order valence-corrected chi connectivity index (χ0v) is 13.9. The number of hydrogen-bond donors (Lipinski definition) is 1. The maximum absolute atomic E-state index is 12.1. The van der Waals surface area contributed by atoms with E-state index in [2.05, 4.69) is 9.97 Å². The molecule has 1 aliphatic rings. The molecule has 0 aromatic carbocycles. The van der Waals surface area contributed by atoms with E-state index >= 15 is 0 Å². The average Bonchev–Trinajstić information content (AvgIpc) is 2.44. The summed E-state index contributed by atoms with van der Waals surface area (Å²) in [4.78, 5) is 34.5. The van der Waals surface area contributed by atoms with Crippen molar-refractivity contribution in [3.63, 3.8) is 0 Å². The molecule has 126 valence electrons. The summed E-state index contributed by atoms with van der Waals surface area (Å²) in [6.07, 6.45) is 0.751. The number of anilines is 1. The zero-order chi connectivity index (χ0) is 17.2. The van der Waals surface area contributed by atoms with Crippen LogP contribution in [0.15, 0.2) is 12.4 Å². The molecule has 0 saturated carbocycles. The van der Waals surface area contributed by atoms with Crippen LogP contribution in [0.25, 0.3) is 0 Å². The highest BCUT2D eigenvalue weighted by Gasteiger charge is 2.36. The van der Waals surface area contributed by atoms with Crippen molar-refractivity contribution in [1.29, 1.82) is 0 Å². The predicted molar refractivity (Wildman–Crippen MR) is 83.6 cm³/mol. The normalized spacial score (nSPS) is 18.7. The highest BCUT2D eigenvalue weighted by atomic mass is 35.5. The predicted octanol–water partition coefficient (Wildman–Crippen LogP) is 1.64. The molecule has 0 radical (unpaired) electrons. The van der Waals surface area contributed by atoms with Crippen LogP contribution in [-0.4, -0.2) is 63.3 Å². The number of ether oxygens (including phenoxy) is 1. The summed E-state index contributed by atoms with van der Waals surface area (Å²) in [5, 5.41) is 9.70. The van der Waals surface area contributed by atoms with Crippen LogP contribution in [0.2, 0.25) is 5.15 Å². The Bertz CT molecular complexity index is 605. The van der Waals surface area contributed by atoms with Gasteiger partial charge in [-0.1, -0.05) is 11.6 Å². The maximum atomic E-state index is 12.1. The number of hydrogen-bond acceptors (Lipinski definition) is 6. The number of aliphatic carboxylic acids is 1. The molecule has 1 fully saturated rings. The van der Waals surface area contributed by atoms with Gasteiger partial charge in [0.2, 0.25) is 0 Å². The van der Waals surface area contributed by atoms with Crippen LogP contribution in [-0.2, 0) is 9.53 Å². The number of aromatic nitrogens is 2. The highest BCUT2D eigenvalue weighted by Crippen LogP contribution is 2.21. The molecule has 2 heterocycles. The number of rotatable bonds is 2. The van der Waals surface area contributed by atoms with Crippen LogP contribution in [0.5, 0.6) is 0 Å². The highest BCUT2D eigenvalue weighted by molar-refractivity contribution is 6.29. The molecular weight excluding hydrogens is 324 g/mol. The van der Waals surface area contributed by atoms with Crippen LogP contribution in [0.4, 0.5) is 10.6 Å². The summed E-state index contributed by atoms with van der Waals surface area (Å²) in [7, 11) is 0. The first-order chi connectivity index (χ1) is 10.7. The van der Waals surface area contributed by atoms with Crippen molar-refractivity contribution in [1.82, 2.24) is 14.9 Å². The van der Waals surface area contributed by atoms with E-state index < -0.39 is 23.7 Å². The first-order valence-electron chi connectivity index (χ1n) is 7.12. The first kappa shape index (κ1) is 17.3.